The van der Waals surface area contributed by atoms with Gasteiger partial charge in [0.05, 0.1) is 15.4 Å². The molecule has 10 heteroatoms. The average molecular weight is 655 g/mol. The van der Waals surface area contributed by atoms with Gasteiger partial charge in [0.1, 0.15) is 0 Å². The van der Waals surface area contributed by atoms with Gasteiger partial charge in [0, 0.05) is 33.3 Å². The van der Waals surface area contributed by atoms with Gasteiger partial charge < -0.3 is 0 Å². The molecule has 1 unspecified atom stereocenters. The van der Waals surface area contributed by atoms with Gasteiger partial charge in [0.25, 0.3) is 5.69 Å². The number of ketones is 1. The fourth-order valence-corrected chi connectivity index (χ4v) is 9.56. The molecule has 216 valence electrons. The molecule has 0 aliphatic carbocycles. The van der Waals surface area contributed by atoms with Crippen LogP contribution < -0.4 is 5.01 Å². The van der Waals surface area contributed by atoms with Crippen LogP contribution in [-0.4, -0.2) is 15.8 Å². The fraction of sp³-hybridized carbons (Fsp3) is 0.0588. The average Bonchev–Trinajstić information content (AvgIpc) is 3.58. The molecule has 0 fully saturated rings. The number of thioether (sulfide) groups is 2. The standard InChI is InChI=1S/C34H21Cl2N3O3S2/c35-25-14-10-23(11-15-25)33(24-12-16-26(36)17-13-24)29-8-4-5-9-30(29)34(44-33)38(27-18-20-28(21-19-27)39(41)42)37-32(43-34)31(40)22-6-2-1-3-7-22/h1-21H. The van der Waals surface area contributed by atoms with Gasteiger partial charge in [-0.15, -0.1) is 0 Å². The molecule has 0 bridgehead atoms. The first kappa shape index (κ1) is 28.7. The summed E-state index contributed by atoms with van der Waals surface area (Å²) in [6, 6.07) is 39.0. The number of nitro benzene ring substituents is 1. The molecule has 0 radical (unpaired) electrons. The lowest BCUT2D eigenvalue weighted by Gasteiger charge is -2.37. The van der Waals surface area contributed by atoms with Crippen LogP contribution in [0.2, 0.25) is 10.0 Å². The highest BCUT2D eigenvalue weighted by Crippen LogP contribution is 2.71. The quantitative estimate of drug-likeness (QED) is 0.103. The van der Waals surface area contributed by atoms with Gasteiger partial charge in [-0.3, -0.25) is 14.9 Å². The first-order valence-electron chi connectivity index (χ1n) is 13.6. The normalized spacial score (nSPS) is 18.2. The second-order valence-corrected chi connectivity index (χ2v) is 13.9. The first-order chi connectivity index (χ1) is 21.3. The smallest absolute Gasteiger partial charge is 0.269 e. The molecule has 7 rings (SSSR count). The maximum absolute atomic E-state index is 13.9. The summed E-state index contributed by atoms with van der Waals surface area (Å²) in [6.45, 7) is 0. The molecule has 5 aromatic carbocycles. The zero-order valence-corrected chi connectivity index (χ0v) is 25.9. The van der Waals surface area contributed by atoms with Gasteiger partial charge in [0.15, 0.2) is 9.25 Å². The van der Waals surface area contributed by atoms with Crippen molar-refractivity contribution < 1.29 is 9.72 Å². The topological polar surface area (TPSA) is 75.8 Å². The van der Waals surface area contributed by atoms with E-state index in [9.17, 15) is 14.9 Å². The Kier molecular flexibility index (Phi) is 7.25. The molecular weight excluding hydrogens is 633 g/mol. The van der Waals surface area contributed by atoms with Crippen molar-refractivity contribution in [3.05, 3.63) is 175 Å². The van der Waals surface area contributed by atoms with E-state index < -0.39 is 13.9 Å². The van der Waals surface area contributed by atoms with Crippen molar-refractivity contribution in [2.24, 2.45) is 5.10 Å². The largest absolute Gasteiger partial charge is 0.286 e. The predicted octanol–water partition coefficient (Wildman–Crippen LogP) is 9.50. The highest BCUT2D eigenvalue weighted by Gasteiger charge is 2.61. The summed E-state index contributed by atoms with van der Waals surface area (Å²) in [5.41, 5.74) is 5.07. The Hall–Kier alpha value is -4.08. The summed E-state index contributed by atoms with van der Waals surface area (Å²) < 4.78 is -1.70. The lowest BCUT2D eigenvalue weighted by molar-refractivity contribution is -0.384. The number of Topliss-reactive ketones (excluding diaryl/α,β-unsaturated/α-hetero) is 1. The summed E-state index contributed by atoms with van der Waals surface area (Å²) in [5, 5.41) is 19.8. The monoisotopic (exact) mass is 653 g/mol. The minimum atomic E-state index is -0.953. The van der Waals surface area contributed by atoms with Crippen LogP contribution in [0.15, 0.2) is 132 Å². The Bertz CT molecular complexity index is 1890. The van der Waals surface area contributed by atoms with Crippen molar-refractivity contribution in [2.45, 2.75) is 8.95 Å². The predicted molar refractivity (Wildman–Crippen MR) is 180 cm³/mol. The minimum absolute atomic E-state index is 0.0321. The van der Waals surface area contributed by atoms with Gasteiger partial charge in [-0.05, 0) is 53.1 Å². The third-order valence-electron chi connectivity index (χ3n) is 7.68. The summed E-state index contributed by atoms with van der Waals surface area (Å²) in [4.78, 5) is 24.9. The number of fused-ring (bicyclic) bond motifs is 2. The molecule has 0 aromatic heterocycles. The number of halogens is 2. The van der Waals surface area contributed by atoms with Crippen molar-refractivity contribution in [3.8, 4) is 0 Å². The van der Waals surface area contributed by atoms with Crippen LogP contribution in [-0.2, 0) is 8.95 Å². The van der Waals surface area contributed by atoms with Crippen molar-refractivity contribution in [3.63, 3.8) is 0 Å². The summed E-state index contributed by atoms with van der Waals surface area (Å²) in [7, 11) is 0. The third-order valence-corrected chi connectivity index (χ3v) is 11.5. The van der Waals surface area contributed by atoms with Crippen molar-refractivity contribution in [2.75, 3.05) is 5.01 Å². The second-order valence-electron chi connectivity index (χ2n) is 10.2. The molecule has 2 heterocycles. The molecule has 2 aliphatic heterocycles. The number of non-ortho nitro benzene ring substituents is 1. The Morgan fingerprint density at radius 3 is 1.84 bits per heavy atom. The molecule has 44 heavy (non-hydrogen) atoms. The van der Waals surface area contributed by atoms with Crippen molar-refractivity contribution in [1.29, 1.82) is 0 Å². The summed E-state index contributed by atoms with van der Waals surface area (Å²) in [5.74, 6) is -0.201. The van der Waals surface area contributed by atoms with Crippen LogP contribution in [0.5, 0.6) is 0 Å². The van der Waals surface area contributed by atoms with E-state index in [1.807, 2.05) is 83.9 Å². The minimum Gasteiger partial charge on any atom is -0.286 e. The molecule has 0 N–H and O–H groups in total. The SMILES string of the molecule is O=C(C1=NN(c2ccc([N+](=O)[O-])cc2)C2(S1)SC(c1ccc(Cl)cc1)(c1ccc(Cl)cc1)c1ccccc12)c1ccccc1. The Morgan fingerprint density at radius 1 is 0.727 bits per heavy atom. The van der Waals surface area contributed by atoms with Crippen molar-refractivity contribution >= 4 is 68.9 Å². The van der Waals surface area contributed by atoms with Gasteiger partial charge >= 0.3 is 0 Å². The fourth-order valence-electron chi connectivity index (χ4n) is 5.68. The zero-order chi connectivity index (χ0) is 30.5. The number of benzene rings is 5. The highest BCUT2D eigenvalue weighted by molar-refractivity contribution is 8.27. The number of nitro groups is 1. The maximum atomic E-state index is 13.9. The van der Waals surface area contributed by atoms with Gasteiger partial charge in [-0.2, -0.15) is 5.10 Å². The molecule has 0 saturated carbocycles. The van der Waals surface area contributed by atoms with Gasteiger partial charge in [0.2, 0.25) is 5.78 Å². The summed E-state index contributed by atoms with van der Waals surface area (Å²) >= 11 is 15.8. The number of nitrogens with zero attached hydrogens (tertiary/aromatic N) is 3. The van der Waals surface area contributed by atoms with Crippen LogP contribution in [0.4, 0.5) is 11.4 Å². The number of anilines is 1. The van der Waals surface area contributed by atoms with Gasteiger partial charge in [-0.25, -0.2) is 5.01 Å². The molecule has 6 nitrogen and oxygen atoms in total. The van der Waals surface area contributed by atoms with E-state index in [1.165, 1.54) is 23.9 Å². The molecule has 5 aromatic rings. The Morgan fingerprint density at radius 2 is 1.27 bits per heavy atom. The molecule has 1 atom stereocenters. The van der Waals surface area contributed by atoms with Crippen LogP contribution >= 0.6 is 46.7 Å². The number of hydrazone groups is 1. The molecule has 2 aliphatic rings. The van der Waals surface area contributed by atoms with Crippen LogP contribution in [0, 0.1) is 10.1 Å². The first-order valence-corrected chi connectivity index (χ1v) is 15.9. The number of carbonyl (C=O) groups is 1. The maximum Gasteiger partial charge on any atom is 0.269 e. The lowest BCUT2D eigenvalue weighted by atomic mass is 9.82. The number of rotatable bonds is 6. The van der Waals surface area contributed by atoms with E-state index in [2.05, 4.69) is 12.1 Å². The molecule has 0 saturated heterocycles. The van der Waals surface area contributed by atoms with E-state index in [4.69, 9.17) is 28.3 Å². The third kappa shape index (κ3) is 4.61. The van der Waals surface area contributed by atoms with Crippen LogP contribution in [0.1, 0.15) is 32.6 Å². The number of hydrogen-bond acceptors (Lipinski definition) is 7. The Labute approximate surface area is 271 Å². The molecule has 0 amide bonds. The molecular formula is C34H21Cl2N3O3S2. The van der Waals surface area contributed by atoms with Gasteiger partial charge in [-0.1, -0.05) is 126 Å². The molecule has 1 spiro atoms. The van der Waals surface area contributed by atoms with E-state index in [-0.39, 0.29) is 11.5 Å². The Balaban J connectivity index is 1.47. The van der Waals surface area contributed by atoms with E-state index in [0.29, 0.717) is 26.3 Å². The summed E-state index contributed by atoms with van der Waals surface area (Å²) in [6.07, 6.45) is 0. The second kappa shape index (κ2) is 11.1. The van der Waals surface area contributed by atoms with Crippen molar-refractivity contribution in [1.82, 2.24) is 0 Å². The highest BCUT2D eigenvalue weighted by atomic mass is 35.5. The lowest BCUT2D eigenvalue weighted by Crippen LogP contribution is -2.34. The number of hydrogen-bond donors (Lipinski definition) is 0. The zero-order valence-electron chi connectivity index (χ0n) is 22.8. The number of carbonyl (C=O) groups excluding carboxylic acids is 1. The van der Waals surface area contributed by atoms with E-state index in [1.54, 1.807) is 36.0 Å². The van der Waals surface area contributed by atoms with E-state index >= 15 is 0 Å². The van der Waals surface area contributed by atoms with Crippen LogP contribution in [0.3, 0.4) is 0 Å². The van der Waals surface area contributed by atoms with Crippen LogP contribution in [0.25, 0.3) is 0 Å². The van der Waals surface area contributed by atoms with E-state index in [0.717, 1.165) is 22.3 Å².